The minimum absolute atomic E-state index is 0.0636. The van der Waals surface area contributed by atoms with Gasteiger partial charge >= 0.3 is 17.9 Å². The monoisotopic (exact) mass is 933 g/mol. The number of carbonyl (C=O) groups is 3. The van der Waals surface area contributed by atoms with Crippen LogP contribution in [0.1, 0.15) is 330 Å². The third kappa shape index (κ3) is 53.4. The summed E-state index contributed by atoms with van der Waals surface area (Å²) in [5.41, 5.74) is 0. The highest BCUT2D eigenvalue weighted by atomic mass is 16.6. The SMILES string of the molecule is CC(C)CCCCCCCCCCCCCCCCCCC(=O)OC[C@@H](COC(=O)CCCCCCCCCCC(C)C)OC(=O)CCCCCCCCCCCCCCCCCC(C)C. The Morgan fingerprint density at radius 2 is 0.439 bits per heavy atom. The zero-order valence-electron chi connectivity index (χ0n) is 45.5. The van der Waals surface area contributed by atoms with E-state index in [2.05, 4.69) is 41.5 Å². The molecule has 0 aromatic rings. The van der Waals surface area contributed by atoms with Crippen LogP contribution in [0, 0.1) is 17.8 Å². The lowest BCUT2D eigenvalue weighted by Crippen LogP contribution is -2.30. The summed E-state index contributed by atoms with van der Waals surface area (Å²) in [5.74, 6) is 1.65. The van der Waals surface area contributed by atoms with Crippen molar-refractivity contribution in [3.8, 4) is 0 Å². The normalized spacial score (nSPS) is 12.1. The van der Waals surface area contributed by atoms with E-state index in [1.54, 1.807) is 0 Å². The van der Waals surface area contributed by atoms with Gasteiger partial charge in [-0.05, 0) is 37.0 Å². The summed E-state index contributed by atoms with van der Waals surface area (Å²) in [6.45, 7) is 13.8. The van der Waals surface area contributed by atoms with Crippen LogP contribution in [0.25, 0.3) is 0 Å². The lowest BCUT2D eigenvalue weighted by Gasteiger charge is -2.18. The van der Waals surface area contributed by atoms with E-state index in [0.717, 1.165) is 75.5 Å². The Morgan fingerprint density at radius 3 is 0.652 bits per heavy atom. The zero-order valence-corrected chi connectivity index (χ0v) is 45.5. The molecule has 0 amide bonds. The summed E-state index contributed by atoms with van der Waals surface area (Å²) in [6, 6.07) is 0. The molecule has 0 saturated heterocycles. The predicted molar refractivity (Wildman–Crippen MR) is 284 cm³/mol. The molecule has 0 saturated carbocycles. The van der Waals surface area contributed by atoms with Gasteiger partial charge in [-0.1, -0.05) is 292 Å². The molecule has 0 rings (SSSR count). The van der Waals surface area contributed by atoms with Crippen molar-refractivity contribution in [3.05, 3.63) is 0 Å². The zero-order chi connectivity index (χ0) is 48.4. The van der Waals surface area contributed by atoms with Gasteiger partial charge in [-0.2, -0.15) is 0 Å². The van der Waals surface area contributed by atoms with Crippen LogP contribution in [0.5, 0.6) is 0 Å². The van der Waals surface area contributed by atoms with Crippen molar-refractivity contribution in [2.45, 2.75) is 337 Å². The number of hydrogen-bond acceptors (Lipinski definition) is 6. The first-order chi connectivity index (χ1) is 32.1. The lowest BCUT2D eigenvalue weighted by atomic mass is 10.0. The Balaban J connectivity index is 4.25. The maximum atomic E-state index is 12.9. The van der Waals surface area contributed by atoms with Crippen molar-refractivity contribution in [2.24, 2.45) is 17.8 Å². The van der Waals surface area contributed by atoms with Crippen molar-refractivity contribution in [3.63, 3.8) is 0 Å². The second kappa shape index (κ2) is 51.3. The van der Waals surface area contributed by atoms with Gasteiger partial charge in [0, 0.05) is 19.3 Å². The topological polar surface area (TPSA) is 78.9 Å². The van der Waals surface area contributed by atoms with Crippen molar-refractivity contribution >= 4 is 17.9 Å². The standard InChI is InChI=1S/C60H116O6/c1-54(2)46-40-34-28-22-18-14-10-7-8-12-16-20-24-31-37-43-49-58(61)64-52-57(53-65-59(62)50-44-38-32-27-26-30-36-42-48-56(5)6)66-60(63)51-45-39-33-25-21-17-13-9-11-15-19-23-29-35-41-47-55(3)4/h54-57H,7-53H2,1-6H3/t57-/m0/s1. The molecule has 6 nitrogen and oxygen atoms in total. The van der Waals surface area contributed by atoms with Gasteiger partial charge in [-0.15, -0.1) is 0 Å². The van der Waals surface area contributed by atoms with Gasteiger partial charge in [0.05, 0.1) is 0 Å². The maximum Gasteiger partial charge on any atom is 0.306 e. The molecule has 0 fully saturated rings. The molecular formula is C60H116O6. The number of unbranched alkanes of at least 4 members (excludes halogenated alkanes) is 36. The first-order valence-corrected chi connectivity index (χ1v) is 29.6. The molecule has 0 heterocycles. The predicted octanol–water partition coefficient (Wildman–Crippen LogP) is 19.5. The van der Waals surface area contributed by atoms with Crippen LogP contribution in [-0.2, 0) is 28.6 Å². The Morgan fingerprint density at radius 1 is 0.258 bits per heavy atom. The Hall–Kier alpha value is -1.59. The van der Waals surface area contributed by atoms with Gasteiger partial charge in [0.15, 0.2) is 6.10 Å². The molecule has 392 valence electrons. The van der Waals surface area contributed by atoms with E-state index >= 15 is 0 Å². The van der Waals surface area contributed by atoms with Crippen LogP contribution >= 0.6 is 0 Å². The molecule has 0 aromatic carbocycles. The van der Waals surface area contributed by atoms with Crippen molar-refractivity contribution in [1.29, 1.82) is 0 Å². The molecule has 0 radical (unpaired) electrons. The van der Waals surface area contributed by atoms with Gasteiger partial charge < -0.3 is 14.2 Å². The van der Waals surface area contributed by atoms with Crippen molar-refractivity contribution < 1.29 is 28.6 Å². The molecule has 0 aliphatic rings. The summed E-state index contributed by atoms with van der Waals surface area (Å²) in [6.07, 6.45) is 53.9. The molecule has 0 aliphatic heterocycles. The van der Waals surface area contributed by atoms with E-state index in [1.807, 2.05) is 0 Å². The van der Waals surface area contributed by atoms with Gasteiger partial charge in [0.1, 0.15) is 13.2 Å². The van der Waals surface area contributed by atoms with Crippen LogP contribution < -0.4 is 0 Å². The highest BCUT2D eigenvalue weighted by molar-refractivity contribution is 5.71. The summed E-state index contributed by atoms with van der Waals surface area (Å²) < 4.78 is 16.9. The van der Waals surface area contributed by atoms with E-state index in [4.69, 9.17) is 14.2 Å². The third-order valence-corrected chi connectivity index (χ3v) is 13.6. The number of rotatable bonds is 53. The molecule has 0 aromatic heterocycles. The van der Waals surface area contributed by atoms with Crippen LogP contribution in [0.15, 0.2) is 0 Å². The number of ether oxygens (including phenoxy) is 3. The average molecular weight is 934 g/mol. The molecule has 1 atom stereocenters. The van der Waals surface area contributed by atoms with Gasteiger partial charge in [0.2, 0.25) is 0 Å². The molecule has 0 N–H and O–H groups in total. The molecule has 0 bridgehead atoms. The van der Waals surface area contributed by atoms with Gasteiger partial charge in [0.25, 0.3) is 0 Å². The van der Waals surface area contributed by atoms with E-state index in [9.17, 15) is 14.4 Å². The Kier molecular flexibility index (Phi) is 50.0. The number of hydrogen-bond donors (Lipinski definition) is 0. The fourth-order valence-electron chi connectivity index (χ4n) is 9.18. The van der Waals surface area contributed by atoms with E-state index in [0.29, 0.717) is 19.3 Å². The first kappa shape index (κ1) is 64.4. The molecule has 0 unspecified atom stereocenters. The highest BCUT2D eigenvalue weighted by Gasteiger charge is 2.19. The Labute approximate surface area is 412 Å². The van der Waals surface area contributed by atoms with E-state index < -0.39 is 6.10 Å². The molecule has 66 heavy (non-hydrogen) atoms. The molecule has 0 spiro atoms. The summed E-state index contributed by atoms with van der Waals surface area (Å²) in [4.78, 5) is 38.1. The van der Waals surface area contributed by atoms with Crippen LogP contribution in [0.2, 0.25) is 0 Å². The molecular weight excluding hydrogens is 817 g/mol. The second-order valence-electron chi connectivity index (χ2n) is 22.1. The quantitative estimate of drug-likeness (QED) is 0.0343. The van der Waals surface area contributed by atoms with Crippen molar-refractivity contribution in [2.75, 3.05) is 13.2 Å². The Bertz CT molecular complexity index is 1020. The van der Waals surface area contributed by atoms with Crippen LogP contribution in [0.3, 0.4) is 0 Å². The maximum absolute atomic E-state index is 12.9. The molecule has 0 aliphatic carbocycles. The summed E-state index contributed by atoms with van der Waals surface area (Å²) >= 11 is 0. The second-order valence-corrected chi connectivity index (χ2v) is 22.1. The number of carbonyl (C=O) groups excluding carboxylic acids is 3. The van der Waals surface area contributed by atoms with Crippen molar-refractivity contribution in [1.82, 2.24) is 0 Å². The largest absolute Gasteiger partial charge is 0.462 e. The minimum Gasteiger partial charge on any atom is -0.462 e. The fraction of sp³-hybridized carbons (Fsp3) is 0.950. The highest BCUT2D eigenvalue weighted by Crippen LogP contribution is 2.19. The fourth-order valence-corrected chi connectivity index (χ4v) is 9.18. The smallest absolute Gasteiger partial charge is 0.306 e. The minimum atomic E-state index is -0.764. The van der Waals surface area contributed by atoms with E-state index in [1.165, 1.54) is 212 Å². The van der Waals surface area contributed by atoms with E-state index in [-0.39, 0.29) is 31.1 Å². The molecule has 6 heteroatoms. The third-order valence-electron chi connectivity index (χ3n) is 13.6. The van der Waals surface area contributed by atoms with Crippen LogP contribution in [-0.4, -0.2) is 37.2 Å². The van der Waals surface area contributed by atoms with Crippen LogP contribution in [0.4, 0.5) is 0 Å². The lowest BCUT2D eigenvalue weighted by molar-refractivity contribution is -0.167. The number of esters is 3. The summed E-state index contributed by atoms with van der Waals surface area (Å²) in [7, 11) is 0. The van der Waals surface area contributed by atoms with Gasteiger partial charge in [-0.3, -0.25) is 14.4 Å². The first-order valence-electron chi connectivity index (χ1n) is 29.6. The average Bonchev–Trinajstić information content (AvgIpc) is 3.28. The van der Waals surface area contributed by atoms with Gasteiger partial charge in [-0.25, -0.2) is 0 Å². The summed E-state index contributed by atoms with van der Waals surface area (Å²) in [5, 5.41) is 0.